The monoisotopic (exact) mass is 142 g/mol. The largest absolute Gasteiger partial charge is 0.393 e. The number of hydrogen-bond acceptors (Lipinski definition) is 2. The Morgan fingerprint density at radius 3 is 2.70 bits per heavy atom. The molecule has 0 rings (SSSR count). The second kappa shape index (κ2) is 6.60. The van der Waals surface area contributed by atoms with Gasteiger partial charge in [0, 0.05) is 6.42 Å². The Kier molecular flexibility index (Phi) is 6.25. The van der Waals surface area contributed by atoms with Crippen LogP contribution in [0.4, 0.5) is 0 Å². The predicted molar refractivity (Wildman–Crippen MR) is 40.4 cm³/mol. The van der Waals surface area contributed by atoms with Gasteiger partial charge < -0.3 is 10.2 Å². The van der Waals surface area contributed by atoms with Crippen molar-refractivity contribution in [1.82, 2.24) is 0 Å². The zero-order chi connectivity index (χ0) is 7.82. The first-order chi connectivity index (χ1) is 4.81. The van der Waals surface area contributed by atoms with Crippen molar-refractivity contribution in [2.24, 2.45) is 0 Å². The fourth-order valence-corrected chi connectivity index (χ4v) is 0.501. The van der Waals surface area contributed by atoms with Gasteiger partial charge in [-0.25, -0.2) is 0 Å². The second-order valence-corrected chi connectivity index (χ2v) is 2.12. The van der Waals surface area contributed by atoms with Gasteiger partial charge in [0.15, 0.2) is 0 Å². The highest BCUT2D eigenvalue weighted by molar-refractivity contribution is 5.04. The molecule has 0 aliphatic carbocycles. The van der Waals surface area contributed by atoms with Gasteiger partial charge in [0.05, 0.1) is 6.61 Å². The lowest BCUT2D eigenvalue weighted by Gasteiger charge is -1.92. The third-order valence-corrected chi connectivity index (χ3v) is 1.10. The molecule has 0 spiro atoms. The highest BCUT2D eigenvalue weighted by Gasteiger charge is 1.90. The molecular formula is C8H14O2. The van der Waals surface area contributed by atoms with E-state index in [1.807, 2.05) is 0 Å². The molecule has 0 saturated carbocycles. The van der Waals surface area contributed by atoms with Crippen LogP contribution in [-0.2, 0) is 0 Å². The Morgan fingerprint density at radius 1 is 1.50 bits per heavy atom. The molecule has 0 aliphatic rings. The van der Waals surface area contributed by atoms with Crippen LogP contribution < -0.4 is 0 Å². The van der Waals surface area contributed by atoms with Crippen LogP contribution in [0, 0.1) is 11.8 Å². The molecule has 0 bridgehead atoms. The molecule has 0 amide bonds. The molecule has 10 heavy (non-hydrogen) atoms. The number of rotatable bonds is 3. The third kappa shape index (κ3) is 5.61. The van der Waals surface area contributed by atoms with Crippen molar-refractivity contribution in [3.63, 3.8) is 0 Å². The van der Waals surface area contributed by atoms with Gasteiger partial charge in [-0.15, -0.1) is 5.92 Å². The van der Waals surface area contributed by atoms with Crippen molar-refractivity contribution >= 4 is 0 Å². The summed E-state index contributed by atoms with van der Waals surface area (Å²) < 4.78 is 0. The van der Waals surface area contributed by atoms with Gasteiger partial charge in [-0.1, -0.05) is 19.3 Å². The van der Waals surface area contributed by atoms with Gasteiger partial charge >= 0.3 is 0 Å². The Morgan fingerprint density at radius 2 is 2.20 bits per heavy atom. The van der Waals surface area contributed by atoms with Crippen LogP contribution in [0.2, 0.25) is 0 Å². The van der Waals surface area contributed by atoms with Gasteiger partial charge in [0.1, 0.15) is 6.10 Å². The summed E-state index contributed by atoms with van der Waals surface area (Å²) in [6.45, 7) is 1.82. The lowest BCUT2D eigenvalue weighted by atomic mass is 10.2. The standard InChI is InChI=1S/C8H14O2/c1-2-3-4-5-6-8(10)7-9/h8-10H,2-4,7H2,1H3. The molecule has 1 unspecified atom stereocenters. The molecule has 0 saturated heterocycles. The van der Waals surface area contributed by atoms with Crippen molar-refractivity contribution < 1.29 is 10.2 Å². The second-order valence-electron chi connectivity index (χ2n) is 2.12. The highest BCUT2D eigenvalue weighted by Crippen LogP contribution is 1.90. The molecule has 0 aliphatic heterocycles. The van der Waals surface area contributed by atoms with Gasteiger partial charge in [-0.05, 0) is 6.42 Å². The zero-order valence-electron chi connectivity index (χ0n) is 6.30. The van der Waals surface area contributed by atoms with E-state index in [0.717, 1.165) is 19.3 Å². The van der Waals surface area contributed by atoms with Crippen LogP contribution in [-0.4, -0.2) is 22.9 Å². The summed E-state index contributed by atoms with van der Waals surface area (Å²) in [5.41, 5.74) is 0. The molecule has 58 valence electrons. The minimum Gasteiger partial charge on any atom is -0.393 e. The minimum atomic E-state index is -0.850. The van der Waals surface area contributed by atoms with E-state index in [4.69, 9.17) is 10.2 Å². The van der Waals surface area contributed by atoms with Crippen LogP contribution in [0.5, 0.6) is 0 Å². The molecule has 0 radical (unpaired) electrons. The van der Waals surface area contributed by atoms with E-state index in [2.05, 4.69) is 18.8 Å². The van der Waals surface area contributed by atoms with Crippen molar-refractivity contribution in [3.8, 4) is 11.8 Å². The van der Waals surface area contributed by atoms with Gasteiger partial charge in [-0.3, -0.25) is 0 Å². The molecule has 2 N–H and O–H groups in total. The van der Waals surface area contributed by atoms with Gasteiger partial charge in [0.25, 0.3) is 0 Å². The van der Waals surface area contributed by atoms with Crippen molar-refractivity contribution in [2.75, 3.05) is 6.61 Å². The normalized spacial score (nSPS) is 11.9. The van der Waals surface area contributed by atoms with Crippen molar-refractivity contribution in [1.29, 1.82) is 0 Å². The Bertz CT molecular complexity index is 121. The summed E-state index contributed by atoms with van der Waals surface area (Å²) in [5.74, 6) is 5.30. The first-order valence-corrected chi connectivity index (χ1v) is 3.58. The fraction of sp³-hybridized carbons (Fsp3) is 0.750. The molecule has 2 nitrogen and oxygen atoms in total. The van der Waals surface area contributed by atoms with Gasteiger partial charge in [-0.2, -0.15) is 0 Å². The molecule has 0 fully saturated rings. The van der Waals surface area contributed by atoms with E-state index in [9.17, 15) is 0 Å². The quantitative estimate of drug-likeness (QED) is 0.446. The Balaban J connectivity index is 3.29. The SMILES string of the molecule is CCCCC#CC(O)CO. The Hall–Kier alpha value is -0.520. The Labute approximate surface area is 61.9 Å². The minimum absolute atomic E-state index is 0.265. The molecule has 0 heterocycles. The smallest absolute Gasteiger partial charge is 0.137 e. The first kappa shape index (κ1) is 9.48. The van der Waals surface area contributed by atoms with Crippen molar-refractivity contribution in [3.05, 3.63) is 0 Å². The summed E-state index contributed by atoms with van der Waals surface area (Å²) in [6, 6.07) is 0. The summed E-state index contributed by atoms with van der Waals surface area (Å²) >= 11 is 0. The number of aliphatic hydroxyl groups is 2. The van der Waals surface area contributed by atoms with E-state index in [1.54, 1.807) is 0 Å². The van der Waals surface area contributed by atoms with E-state index in [-0.39, 0.29) is 6.61 Å². The first-order valence-electron chi connectivity index (χ1n) is 3.58. The third-order valence-electron chi connectivity index (χ3n) is 1.10. The summed E-state index contributed by atoms with van der Waals surface area (Å²) in [4.78, 5) is 0. The molecule has 0 aromatic heterocycles. The van der Waals surface area contributed by atoms with E-state index >= 15 is 0 Å². The topological polar surface area (TPSA) is 40.5 Å². The zero-order valence-corrected chi connectivity index (χ0v) is 6.30. The van der Waals surface area contributed by atoms with E-state index in [0.29, 0.717) is 0 Å². The van der Waals surface area contributed by atoms with Crippen LogP contribution in [0.25, 0.3) is 0 Å². The summed E-state index contributed by atoms with van der Waals surface area (Å²) in [7, 11) is 0. The molecule has 0 aromatic carbocycles. The maximum Gasteiger partial charge on any atom is 0.137 e. The van der Waals surface area contributed by atoms with Crippen LogP contribution in [0.1, 0.15) is 26.2 Å². The molecular weight excluding hydrogens is 128 g/mol. The van der Waals surface area contributed by atoms with Crippen molar-refractivity contribution in [2.45, 2.75) is 32.3 Å². The van der Waals surface area contributed by atoms with Crippen LogP contribution in [0.15, 0.2) is 0 Å². The van der Waals surface area contributed by atoms with Crippen LogP contribution in [0.3, 0.4) is 0 Å². The highest BCUT2D eigenvalue weighted by atomic mass is 16.3. The molecule has 0 aromatic rings. The fourth-order valence-electron chi connectivity index (χ4n) is 0.501. The lowest BCUT2D eigenvalue weighted by Crippen LogP contribution is -2.07. The number of hydrogen-bond donors (Lipinski definition) is 2. The summed E-state index contributed by atoms with van der Waals surface area (Å²) in [6.07, 6.45) is 2.14. The number of unbranched alkanes of at least 4 members (excludes halogenated alkanes) is 2. The van der Waals surface area contributed by atoms with E-state index < -0.39 is 6.10 Å². The van der Waals surface area contributed by atoms with Crippen LogP contribution >= 0.6 is 0 Å². The molecule has 2 heteroatoms. The predicted octanol–water partition coefficient (Wildman–Crippen LogP) is 0.533. The summed E-state index contributed by atoms with van der Waals surface area (Å²) in [5, 5.41) is 17.1. The lowest BCUT2D eigenvalue weighted by molar-refractivity contribution is 0.138. The average Bonchev–Trinajstić information content (AvgIpc) is 1.98. The maximum atomic E-state index is 8.73. The van der Waals surface area contributed by atoms with Gasteiger partial charge in [0.2, 0.25) is 0 Å². The number of aliphatic hydroxyl groups excluding tert-OH is 2. The van der Waals surface area contributed by atoms with E-state index in [1.165, 1.54) is 0 Å². The molecule has 1 atom stereocenters. The maximum absolute atomic E-state index is 8.73. The average molecular weight is 142 g/mol.